The lowest BCUT2D eigenvalue weighted by molar-refractivity contribution is -0.158. The molecule has 1 atom stereocenters. The van der Waals surface area contributed by atoms with Crippen LogP contribution in [0.3, 0.4) is 0 Å². The van der Waals surface area contributed by atoms with E-state index in [1.54, 1.807) is 6.07 Å². The fraction of sp³-hybridized carbons (Fsp3) is 0.170. The van der Waals surface area contributed by atoms with Crippen molar-refractivity contribution >= 4 is 17.8 Å². The zero-order chi connectivity index (χ0) is 39.1. The van der Waals surface area contributed by atoms with Crippen molar-refractivity contribution in [3.8, 4) is 22.6 Å². The first-order valence-electron chi connectivity index (χ1n) is 18.6. The lowest BCUT2D eigenvalue weighted by Gasteiger charge is -2.44. The quantitative estimate of drug-likeness (QED) is 0.0354. The molecule has 0 unspecified atom stereocenters. The summed E-state index contributed by atoms with van der Waals surface area (Å²) >= 11 is 0. The van der Waals surface area contributed by atoms with Crippen LogP contribution in [0, 0.1) is 0 Å². The number of hydrogen-bond acceptors (Lipinski definition) is 7. The third-order valence-corrected chi connectivity index (χ3v) is 10.6. The molecule has 0 saturated heterocycles. The van der Waals surface area contributed by atoms with Gasteiger partial charge in [0.2, 0.25) is 5.91 Å². The molecule has 5 N–H and O–H groups in total. The van der Waals surface area contributed by atoms with Crippen molar-refractivity contribution in [2.45, 2.75) is 36.4 Å². The summed E-state index contributed by atoms with van der Waals surface area (Å²) in [4.78, 5) is 43.6. The maximum atomic E-state index is 15.3. The van der Waals surface area contributed by atoms with Gasteiger partial charge in [-0.25, -0.2) is 4.79 Å². The molecule has 2 amide bonds. The predicted octanol–water partition coefficient (Wildman–Crippen LogP) is 6.92. The van der Waals surface area contributed by atoms with Gasteiger partial charge in [0.1, 0.15) is 6.61 Å². The lowest BCUT2D eigenvalue weighted by Crippen LogP contribution is -2.68. The van der Waals surface area contributed by atoms with Crippen LogP contribution in [-0.4, -0.2) is 47.2 Å². The second-order valence-corrected chi connectivity index (χ2v) is 13.9. The summed E-state index contributed by atoms with van der Waals surface area (Å²) in [5, 5.41) is 29.4. The summed E-state index contributed by atoms with van der Waals surface area (Å²) in [7, 11) is 1.50. The number of ether oxygens (including phenoxy) is 1. The number of rotatable bonds is 14. The fourth-order valence-electron chi connectivity index (χ4n) is 7.74. The standard InChI is InChI=1S/C47H43N3O6/c1-48-43(53)27-28-46(44(54)49-30-32-25-26-41(51)42(52)29-32,45(55)56-31-40-38-23-13-11-21-36(38)37-22-12-14-24-39(37)40)50-47(33-15-5-2-6-16-33,34-17-7-3-8-18-34)35-19-9-4-10-20-35/h2-26,29,40,50-52H,27-28,30-31H2,1H3,(H,48,53)(H,49,54)/t46-/m0/s1. The number of amides is 2. The number of benzene rings is 6. The molecular weight excluding hydrogens is 703 g/mol. The minimum atomic E-state index is -2.18. The Morgan fingerprint density at radius 1 is 0.643 bits per heavy atom. The Hall–Kier alpha value is -6.71. The Kier molecular flexibility index (Phi) is 11.0. The maximum absolute atomic E-state index is 15.3. The molecule has 6 aromatic rings. The Morgan fingerprint density at radius 2 is 1.14 bits per heavy atom. The fourth-order valence-corrected chi connectivity index (χ4v) is 7.74. The largest absolute Gasteiger partial charge is 0.504 e. The van der Waals surface area contributed by atoms with E-state index in [4.69, 9.17) is 4.74 Å². The zero-order valence-electron chi connectivity index (χ0n) is 30.9. The number of aromatic hydroxyl groups is 2. The SMILES string of the molecule is CNC(=O)CC[C@](NC(c1ccccc1)(c1ccccc1)c1ccccc1)(C(=O)NCc1ccc(O)c(O)c1)C(=O)OCC1c2ccccc2-c2ccccc21. The maximum Gasteiger partial charge on any atom is 0.336 e. The van der Waals surface area contributed by atoms with E-state index in [-0.39, 0.29) is 49.3 Å². The zero-order valence-corrected chi connectivity index (χ0v) is 30.9. The number of esters is 1. The van der Waals surface area contributed by atoms with Gasteiger partial charge in [-0.1, -0.05) is 146 Å². The van der Waals surface area contributed by atoms with E-state index in [9.17, 15) is 15.0 Å². The van der Waals surface area contributed by atoms with E-state index >= 15 is 9.59 Å². The van der Waals surface area contributed by atoms with Gasteiger partial charge >= 0.3 is 5.97 Å². The molecule has 56 heavy (non-hydrogen) atoms. The van der Waals surface area contributed by atoms with Gasteiger partial charge in [0, 0.05) is 25.9 Å². The molecular formula is C47H43N3O6. The summed E-state index contributed by atoms with van der Waals surface area (Å²) < 4.78 is 6.37. The molecule has 6 aromatic carbocycles. The van der Waals surface area contributed by atoms with Crippen LogP contribution in [-0.2, 0) is 31.2 Å². The average Bonchev–Trinajstić information content (AvgIpc) is 3.57. The van der Waals surface area contributed by atoms with E-state index < -0.39 is 23.0 Å². The van der Waals surface area contributed by atoms with E-state index in [1.165, 1.54) is 19.2 Å². The van der Waals surface area contributed by atoms with Crippen LogP contribution in [0.4, 0.5) is 0 Å². The number of hydrogen-bond donors (Lipinski definition) is 5. The molecule has 9 heteroatoms. The third kappa shape index (κ3) is 7.24. The number of carbonyl (C=O) groups is 3. The van der Waals surface area contributed by atoms with Crippen molar-refractivity contribution in [3.63, 3.8) is 0 Å². The first-order valence-corrected chi connectivity index (χ1v) is 18.6. The average molecular weight is 746 g/mol. The molecule has 0 aromatic heterocycles. The molecule has 1 aliphatic carbocycles. The highest BCUT2D eigenvalue weighted by Gasteiger charge is 2.54. The van der Waals surface area contributed by atoms with E-state index in [2.05, 4.69) is 16.0 Å². The van der Waals surface area contributed by atoms with Crippen LogP contribution >= 0.6 is 0 Å². The molecule has 0 radical (unpaired) electrons. The number of carbonyl (C=O) groups excluding carboxylic acids is 3. The number of phenolic OH excluding ortho intramolecular Hbond substituents is 2. The molecule has 0 fully saturated rings. The molecule has 282 valence electrons. The molecule has 7 rings (SSSR count). The highest BCUT2D eigenvalue weighted by molar-refractivity contribution is 6.08. The van der Waals surface area contributed by atoms with Crippen LogP contribution in [0.1, 0.15) is 52.1 Å². The molecule has 0 heterocycles. The number of nitrogens with one attached hydrogen (secondary N) is 3. The van der Waals surface area contributed by atoms with Gasteiger partial charge < -0.3 is 25.6 Å². The van der Waals surface area contributed by atoms with Gasteiger partial charge in [-0.05, 0) is 63.1 Å². The summed E-state index contributed by atoms with van der Waals surface area (Å²) in [6.45, 7) is -0.174. The number of phenols is 2. The van der Waals surface area contributed by atoms with Crippen molar-refractivity contribution in [2.24, 2.45) is 0 Å². The van der Waals surface area contributed by atoms with Gasteiger partial charge in [-0.2, -0.15) is 0 Å². The van der Waals surface area contributed by atoms with Crippen LogP contribution in [0.2, 0.25) is 0 Å². The highest BCUT2D eigenvalue weighted by atomic mass is 16.5. The summed E-state index contributed by atoms with van der Waals surface area (Å²) in [6, 6.07) is 48.9. The Labute approximate surface area is 326 Å². The summed E-state index contributed by atoms with van der Waals surface area (Å²) in [5.41, 5.74) is 3.32. The van der Waals surface area contributed by atoms with Crippen molar-refractivity contribution in [2.75, 3.05) is 13.7 Å². The van der Waals surface area contributed by atoms with Gasteiger partial charge in [0.25, 0.3) is 5.91 Å². The topological polar surface area (TPSA) is 137 Å². The van der Waals surface area contributed by atoms with Crippen LogP contribution in [0.5, 0.6) is 11.5 Å². The molecule has 0 aliphatic heterocycles. The van der Waals surface area contributed by atoms with Crippen molar-refractivity contribution in [3.05, 3.63) is 191 Å². The third-order valence-electron chi connectivity index (χ3n) is 10.6. The first-order chi connectivity index (χ1) is 27.3. The van der Waals surface area contributed by atoms with E-state index in [1.807, 2.05) is 140 Å². The second-order valence-electron chi connectivity index (χ2n) is 13.9. The van der Waals surface area contributed by atoms with Crippen molar-refractivity contribution in [1.82, 2.24) is 16.0 Å². The van der Waals surface area contributed by atoms with E-state index in [0.717, 1.165) is 38.9 Å². The summed E-state index contributed by atoms with van der Waals surface area (Å²) in [5.74, 6) is -2.93. The Balaban J connectivity index is 1.38. The lowest BCUT2D eigenvalue weighted by atomic mass is 9.74. The normalized spacial score (nSPS) is 13.2. The van der Waals surface area contributed by atoms with Crippen LogP contribution in [0.15, 0.2) is 158 Å². The van der Waals surface area contributed by atoms with Gasteiger partial charge in [-0.3, -0.25) is 14.9 Å². The van der Waals surface area contributed by atoms with Gasteiger partial charge in [-0.15, -0.1) is 0 Å². The first kappa shape index (κ1) is 37.6. The second kappa shape index (κ2) is 16.3. The summed E-state index contributed by atoms with van der Waals surface area (Å²) in [6.07, 6.45) is -0.472. The minimum absolute atomic E-state index is 0.0651. The van der Waals surface area contributed by atoms with Gasteiger partial charge in [0.05, 0.1) is 5.54 Å². The molecule has 0 bridgehead atoms. The van der Waals surface area contributed by atoms with Crippen molar-refractivity contribution < 1.29 is 29.3 Å². The molecule has 0 saturated carbocycles. The highest BCUT2D eigenvalue weighted by Crippen LogP contribution is 2.45. The predicted molar refractivity (Wildman–Crippen MR) is 215 cm³/mol. The van der Waals surface area contributed by atoms with Crippen LogP contribution in [0.25, 0.3) is 11.1 Å². The van der Waals surface area contributed by atoms with Crippen molar-refractivity contribution in [1.29, 1.82) is 0 Å². The molecule has 9 nitrogen and oxygen atoms in total. The smallest absolute Gasteiger partial charge is 0.336 e. The van der Waals surface area contributed by atoms with E-state index in [0.29, 0.717) is 5.56 Å². The van der Waals surface area contributed by atoms with Gasteiger partial charge in [0.15, 0.2) is 17.0 Å². The minimum Gasteiger partial charge on any atom is -0.504 e. The molecule has 0 spiro atoms. The monoisotopic (exact) mass is 745 g/mol. The Bertz CT molecular complexity index is 2190. The van der Waals surface area contributed by atoms with Crippen LogP contribution < -0.4 is 16.0 Å². The molecule has 1 aliphatic rings. The Morgan fingerprint density at radius 3 is 1.64 bits per heavy atom. The number of fused-ring (bicyclic) bond motifs is 3.